The lowest BCUT2D eigenvalue weighted by molar-refractivity contribution is 0.370. The standard InChI is InChI=1S/C16H21ClN6O.HI/c1-10-21-22-15-6-3-11(9-23(10)15)8-19-16(18)20-12-4-5-14(24-2)13(17)7-12;/h4-5,7,11H,3,6,8-9H2,1-2H3,(H3,18,19,20);1H. The predicted octanol–water partition coefficient (Wildman–Crippen LogP) is 2.86. The predicted molar refractivity (Wildman–Crippen MR) is 110 cm³/mol. The summed E-state index contributed by atoms with van der Waals surface area (Å²) in [5.41, 5.74) is 6.76. The molecular formula is C16H22ClIN6O. The van der Waals surface area contributed by atoms with Gasteiger partial charge in [0.25, 0.3) is 0 Å². The van der Waals surface area contributed by atoms with Crippen molar-refractivity contribution >= 4 is 47.2 Å². The van der Waals surface area contributed by atoms with E-state index in [1.54, 1.807) is 19.2 Å². The van der Waals surface area contributed by atoms with E-state index in [0.29, 0.717) is 29.2 Å². The number of guanidine groups is 1. The number of nitrogens with zero attached hydrogens (tertiary/aromatic N) is 4. The second kappa shape index (κ2) is 8.70. The fourth-order valence-electron chi connectivity index (χ4n) is 2.84. The van der Waals surface area contributed by atoms with E-state index in [1.165, 1.54) is 0 Å². The SMILES string of the molecule is COc1ccc(NC(N)=NCC2CCc3nnc(C)n3C2)cc1Cl.I. The third kappa shape index (κ3) is 4.75. The minimum atomic E-state index is 0. The fraction of sp³-hybridized carbons (Fsp3) is 0.438. The van der Waals surface area contributed by atoms with Crippen LogP contribution in [-0.4, -0.2) is 34.4 Å². The number of nitrogens with two attached hydrogens (primary N) is 1. The van der Waals surface area contributed by atoms with Gasteiger partial charge in [-0.25, -0.2) is 0 Å². The maximum absolute atomic E-state index is 6.10. The lowest BCUT2D eigenvalue weighted by Gasteiger charge is -2.22. The van der Waals surface area contributed by atoms with Gasteiger partial charge in [0.05, 0.1) is 12.1 Å². The molecule has 0 saturated carbocycles. The molecule has 0 saturated heterocycles. The molecule has 7 nitrogen and oxygen atoms in total. The van der Waals surface area contributed by atoms with Gasteiger partial charge in [-0.15, -0.1) is 34.2 Å². The molecule has 0 amide bonds. The fourth-order valence-corrected chi connectivity index (χ4v) is 3.10. The first kappa shape index (κ1) is 19.8. The Bertz CT molecular complexity index is 763. The molecule has 9 heteroatoms. The van der Waals surface area contributed by atoms with Crippen molar-refractivity contribution < 1.29 is 4.74 Å². The first-order valence-electron chi connectivity index (χ1n) is 7.86. The summed E-state index contributed by atoms with van der Waals surface area (Å²) in [6.45, 7) is 3.53. The van der Waals surface area contributed by atoms with Gasteiger partial charge in [-0.1, -0.05) is 11.6 Å². The lowest BCUT2D eigenvalue weighted by atomic mass is 9.99. The number of halogens is 2. The van der Waals surface area contributed by atoms with E-state index >= 15 is 0 Å². The molecule has 136 valence electrons. The molecule has 0 fully saturated rings. The number of nitrogens with one attached hydrogen (secondary N) is 1. The van der Waals surface area contributed by atoms with Gasteiger partial charge < -0.3 is 20.4 Å². The zero-order valence-electron chi connectivity index (χ0n) is 14.2. The number of hydrogen-bond donors (Lipinski definition) is 2. The number of anilines is 1. The van der Waals surface area contributed by atoms with Crippen LogP contribution in [0.15, 0.2) is 23.2 Å². The number of hydrogen-bond acceptors (Lipinski definition) is 4. The molecule has 0 spiro atoms. The summed E-state index contributed by atoms with van der Waals surface area (Å²) in [6.07, 6.45) is 1.98. The maximum Gasteiger partial charge on any atom is 0.193 e. The quantitative estimate of drug-likeness (QED) is 0.402. The zero-order valence-corrected chi connectivity index (χ0v) is 17.3. The van der Waals surface area contributed by atoms with Crippen LogP contribution in [0.2, 0.25) is 5.02 Å². The summed E-state index contributed by atoms with van der Waals surface area (Å²) in [6, 6.07) is 5.39. The number of rotatable bonds is 4. The largest absolute Gasteiger partial charge is 0.495 e. The molecule has 0 aliphatic carbocycles. The van der Waals surface area contributed by atoms with E-state index in [-0.39, 0.29) is 24.0 Å². The average Bonchev–Trinajstić information content (AvgIpc) is 2.94. The topological polar surface area (TPSA) is 90.3 Å². The van der Waals surface area contributed by atoms with Gasteiger partial charge in [-0.3, -0.25) is 4.99 Å². The Kier molecular flexibility index (Phi) is 6.88. The van der Waals surface area contributed by atoms with Crippen molar-refractivity contribution in [1.29, 1.82) is 0 Å². The molecule has 1 aliphatic heterocycles. The van der Waals surface area contributed by atoms with Crippen molar-refractivity contribution in [2.24, 2.45) is 16.6 Å². The molecule has 0 bridgehead atoms. The summed E-state index contributed by atoms with van der Waals surface area (Å²) < 4.78 is 7.29. The number of benzene rings is 1. The Morgan fingerprint density at radius 2 is 2.28 bits per heavy atom. The molecule has 1 aromatic heterocycles. The van der Waals surface area contributed by atoms with Crippen LogP contribution in [0.1, 0.15) is 18.1 Å². The monoisotopic (exact) mass is 476 g/mol. The van der Waals surface area contributed by atoms with Crippen molar-refractivity contribution in [3.05, 3.63) is 34.9 Å². The highest BCUT2D eigenvalue weighted by atomic mass is 127. The molecule has 0 radical (unpaired) electrons. The second-order valence-electron chi connectivity index (χ2n) is 5.88. The molecule has 1 aromatic carbocycles. The first-order chi connectivity index (χ1) is 11.6. The summed E-state index contributed by atoms with van der Waals surface area (Å²) in [5, 5.41) is 11.9. The van der Waals surface area contributed by atoms with Crippen molar-refractivity contribution in [1.82, 2.24) is 14.8 Å². The van der Waals surface area contributed by atoms with E-state index in [2.05, 4.69) is 25.1 Å². The third-order valence-corrected chi connectivity index (χ3v) is 4.47. The highest BCUT2D eigenvalue weighted by molar-refractivity contribution is 14.0. The molecule has 3 N–H and O–H groups in total. The number of aliphatic imine (C=N–C) groups is 1. The highest BCUT2D eigenvalue weighted by Crippen LogP contribution is 2.27. The Labute approximate surface area is 169 Å². The number of aryl methyl sites for hydroxylation is 2. The highest BCUT2D eigenvalue weighted by Gasteiger charge is 2.21. The summed E-state index contributed by atoms with van der Waals surface area (Å²) >= 11 is 6.10. The number of ether oxygens (including phenoxy) is 1. The van der Waals surface area contributed by atoms with Crippen LogP contribution < -0.4 is 15.8 Å². The van der Waals surface area contributed by atoms with Crippen LogP contribution in [0.5, 0.6) is 5.75 Å². The van der Waals surface area contributed by atoms with Crippen LogP contribution in [0.4, 0.5) is 5.69 Å². The van der Waals surface area contributed by atoms with E-state index in [1.807, 2.05) is 13.0 Å². The minimum Gasteiger partial charge on any atom is -0.495 e. The van der Waals surface area contributed by atoms with Crippen LogP contribution in [0.3, 0.4) is 0 Å². The van der Waals surface area contributed by atoms with Gasteiger partial charge >= 0.3 is 0 Å². The third-order valence-electron chi connectivity index (χ3n) is 4.17. The van der Waals surface area contributed by atoms with Crippen LogP contribution >= 0.6 is 35.6 Å². The summed E-state index contributed by atoms with van der Waals surface area (Å²) in [4.78, 5) is 4.46. The number of fused-ring (bicyclic) bond motifs is 1. The number of aromatic nitrogens is 3. The minimum absolute atomic E-state index is 0. The molecule has 3 rings (SSSR count). The van der Waals surface area contributed by atoms with Crippen molar-refractivity contribution in [2.45, 2.75) is 26.3 Å². The summed E-state index contributed by atoms with van der Waals surface area (Å²) in [7, 11) is 1.58. The van der Waals surface area contributed by atoms with E-state index in [0.717, 1.165) is 36.7 Å². The molecule has 2 aromatic rings. The normalized spacial score (nSPS) is 16.8. The molecule has 2 heterocycles. The van der Waals surface area contributed by atoms with Gasteiger partial charge in [0.1, 0.15) is 17.4 Å². The Morgan fingerprint density at radius 1 is 1.48 bits per heavy atom. The van der Waals surface area contributed by atoms with Crippen LogP contribution in [0.25, 0.3) is 0 Å². The summed E-state index contributed by atoms with van der Waals surface area (Å²) in [5.74, 6) is 3.46. The Morgan fingerprint density at radius 3 is 3.00 bits per heavy atom. The smallest absolute Gasteiger partial charge is 0.193 e. The van der Waals surface area contributed by atoms with Crippen LogP contribution in [0, 0.1) is 12.8 Å². The average molecular weight is 477 g/mol. The molecule has 1 unspecified atom stereocenters. The Balaban J connectivity index is 0.00000225. The van der Waals surface area contributed by atoms with E-state index in [4.69, 9.17) is 22.1 Å². The van der Waals surface area contributed by atoms with Gasteiger partial charge in [0.2, 0.25) is 0 Å². The van der Waals surface area contributed by atoms with Gasteiger partial charge in [-0.05, 0) is 37.5 Å². The zero-order chi connectivity index (χ0) is 17.1. The van der Waals surface area contributed by atoms with Gasteiger partial charge in [-0.2, -0.15) is 0 Å². The van der Waals surface area contributed by atoms with Crippen molar-refractivity contribution in [3.63, 3.8) is 0 Å². The van der Waals surface area contributed by atoms with Crippen LogP contribution in [-0.2, 0) is 13.0 Å². The van der Waals surface area contributed by atoms with Crippen molar-refractivity contribution in [2.75, 3.05) is 19.0 Å². The van der Waals surface area contributed by atoms with Gasteiger partial charge in [0.15, 0.2) is 5.96 Å². The lowest BCUT2D eigenvalue weighted by Crippen LogP contribution is -2.27. The first-order valence-corrected chi connectivity index (χ1v) is 8.23. The van der Waals surface area contributed by atoms with Gasteiger partial charge in [0, 0.05) is 25.2 Å². The van der Waals surface area contributed by atoms with Crippen molar-refractivity contribution in [3.8, 4) is 5.75 Å². The molecular weight excluding hydrogens is 455 g/mol. The Hall–Kier alpha value is -1.55. The maximum atomic E-state index is 6.10. The second-order valence-corrected chi connectivity index (χ2v) is 6.29. The van der Waals surface area contributed by atoms with E-state index < -0.39 is 0 Å². The molecule has 25 heavy (non-hydrogen) atoms. The molecule has 1 aliphatic rings. The number of methoxy groups -OCH3 is 1. The molecule has 1 atom stereocenters. The van der Waals surface area contributed by atoms with E-state index in [9.17, 15) is 0 Å².